The number of hydrogen-bond donors (Lipinski definition) is 1. The van der Waals surface area contributed by atoms with Gasteiger partial charge < -0.3 is 4.90 Å². The number of carbonyl (C=O) groups excluding carboxylic acids is 1. The Kier molecular flexibility index (Phi) is 3.93. The smallest absolute Gasteiger partial charge is 0.272 e. The molecule has 7 heteroatoms. The van der Waals surface area contributed by atoms with Crippen LogP contribution in [0.5, 0.6) is 0 Å². The topological polar surface area (TPSA) is 70.5 Å². The van der Waals surface area contributed by atoms with Crippen molar-refractivity contribution in [1.82, 2.24) is 19.5 Å². The molecule has 3 aromatic rings. The summed E-state index contributed by atoms with van der Waals surface area (Å²) in [5.74, 6) is 0.836. The van der Waals surface area contributed by atoms with E-state index in [1.807, 2.05) is 29.3 Å². The second-order valence-corrected chi connectivity index (χ2v) is 8.59. The minimum Gasteiger partial charge on any atom is -0.342 e. The molecule has 2 aliphatic rings. The average Bonchev–Trinajstić information content (AvgIpc) is 3.29. The highest BCUT2D eigenvalue weighted by Crippen LogP contribution is 2.34. The quantitative estimate of drug-likeness (QED) is 0.756. The van der Waals surface area contributed by atoms with Crippen LogP contribution in [0.2, 0.25) is 0 Å². The van der Waals surface area contributed by atoms with Crippen LogP contribution in [-0.2, 0) is 4.79 Å². The van der Waals surface area contributed by atoms with Gasteiger partial charge in [0.2, 0.25) is 5.91 Å². The summed E-state index contributed by atoms with van der Waals surface area (Å²) in [6.45, 7) is 3.55. The number of nitrogens with one attached hydrogen (secondary N) is 1. The van der Waals surface area contributed by atoms with Gasteiger partial charge in [-0.2, -0.15) is 0 Å². The number of aromatic nitrogens is 3. The van der Waals surface area contributed by atoms with Gasteiger partial charge in [-0.3, -0.25) is 14.7 Å². The molecule has 140 valence electrons. The van der Waals surface area contributed by atoms with Crippen molar-refractivity contribution in [1.29, 1.82) is 0 Å². The third-order valence-electron chi connectivity index (χ3n) is 5.79. The zero-order valence-electron chi connectivity index (χ0n) is 15.3. The van der Waals surface area contributed by atoms with E-state index in [0.29, 0.717) is 11.6 Å². The number of likely N-dealkylation sites (tertiary alicyclic amines) is 1. The van der Waals surface area contributed by atoms with Gasteiger partial charge in [0.25, 0.3) is 5.56 Å². The summed E-state index contributed by atoms with van der Waals surface area (Å²) in [6, 6.07) is 5.70. The summed E-state index contributed by atoms with van der Waals surface area (Å²) in [7, 11) is 0. The molecule has 4 heterocycles. The molecule has 27 heavy (non-hydrogen) atoms. The molecule has 3 aromatic heterocycles. The largest absolute Gasteiger partial charge is 0.342 e. The fourth-order valence-electron chi connectivity index (χ4n) is 4.02. The van der Waals surface area contributed by atoms with Crippen molar-refractivity contribution in [2.45, 2.75) is 38.5 Å². The van der Waals surface area contributed by atoms with Crippen molar-refractivity contribution in [2.75, 3.05) is 13.1 Å². The molecule has 1 saturated heterocycles. The highest BCUT2D eigenvalue weighted by atomic mass is 32.1. The van der Waals surface area contributed by atoms with E-state index in [0.717, 1.165) is 60.6 Å². The number of carbonyl (C=O) groups is 1. The Balaban J connectivity index is 1.44. The lowest BCUT2D eigenvalue weighted by Crippen LogP contribution is -2.39. The molecule has 1 saturated carbocycles. The van der Waals surface area contributed by atoms with E-state index >= 15 is 0 Å². The predicted molar refractivity (Wildman–Crippen MR) is 105 cm³/mol. The minimum absolute atomic E-state index is 0.0719. The molecule has 6 nitrogen and oxygen atoms in total. The van der Waals surface area contributed by atoms with Crippen molar-refractivity contribution in [3.05, 3.63) is 45.2 Å². The highest BCUT2D eigenvalue weighted by Gasteiger charge is 2.35. The van der Waals surface area contributed by atoms with Crippen LogP contribution < -0.4 is 5.56 Å². The summed E-state index contributed by atoms with van der Waals surface area (Å²) in [5.41, 5.74) is 3.45. The summed E-state index contributed by atoms with van der Waals surface area (Å²) < 4.78 is 1.54. The molecule has 0 spiro atoms. The Morgan fingerprint density at radius 2 is 2.04 bits per heavy atom. The number of aryl methyl sites for hydroxylation is 1. The maximum atomic E-state index is 12.7. The maximum absolute atomic E-state index is 12.7. The van der Waals surface area contributed by atoms with Crippen LogP contribution in [0.4, 0.5) is 0 Å². The van der Waals surface area contributed by atoms with Crippen LogP contribution in [0.1, 0.15) is 42.9 Å². The van der Waals surface area contributed by atoms with Crippen LogP contribution in [0.3, 0.4) is 0 Å². The highest BCUT2D eigenvalue weighted by molar-refractivity contribution is 7.13. The van der Waals surface area contributed by atoms with Crippen molar-refractivity contribution in [3.63, 3.8) is 0 Å². The van der Waals surface area contributed by atoms with Gasteiger partial charge in [-0.25, -0.2) is 9.50 Å². The predicted octanol–water partition coefficient (Wildman–Crippen LogP) is 3.18. The monoisotopic (exact) mass is 382 g/mol. The Hall–Kier alpha value is -2.41. The number of piperidine rings is 1. The molecule has 1 aliphatic carbocycles. The molecule has 2 fully saturated rings. The lowest BCUT2D eigenvalue weighted by molar-refractivity contribution is -0.133. The van der Waals surface area contributed by atoms with Crippen molar-refractivity contribution in [2.24, 2.45) is 5.92 Å². The van der Waals surface area contributed by atoms with Gasteiger partial charge in [0.15, 0.2) is 5.65 Å². The molecule has 0 unspecified atom stereocenters. The van der Waals surface area contributed by atoms with Gasteiger partial charge in [0.05, 0.1) is 16.3 Å². The number of nitrogens with zero attached hydrogens (tertiary/aromatic N) is 3. The van der Waals surface area contributed by atoms with Gasteiger partial charge in [-0.1, -0.05) is 6.07 Å². The van der Waals surface area contributed by atoms with E-state index in [9.17, 15) is 9.59 Å². The Morgan fingerprint density at radius 1 is 1.26 bits per heavy atom. The summed E-state index contributed by atoms with van der Waals surface area (Å²) in [5, 5.41) is 5.23. The Morgan fingerprint density at radius 3 is 2.70 bits per heavy atom. The van der Waals surface area contributed by atoms with E-state index in [1.54, 1.807) is 21.9 Å². The van der Waals surface area contributed by atoms with E-state index in [-0.39, 0.29) is 17.4 Å². The second-order valence-electron chi connectivity index (χ2n) is 7.64. The number of hydrogen-bond acceptors (Lipinski definition) is 4. The molecule has 0 radical (unpaired) electrons. The normalized spacial score (nSPS) is 18.3. The second kappa shape index (κ2) is 6.34. The molecule has 1 amide bonds. The van der Waals surface area contributed by atoms with Crippen LogP contribution >= 0.6 is 11.3 Å². The lowest BCUT2D eigenvalue weighted by atomic mass is 9.93. The number of thiophene rings is 1. The molecule has 1 aliphatic heterocycles. The molecule has 0 atom stereocenters. The number of aromatic amines is 1. The first-order valence-electron chi connectivity index (χ1n) is 9.57. The van der Waals surface area contributed by atoms with E-state index in [2.05, 4.69) is 5.10 Å². The fraction of sp³-hybridized carbons (Fsp3) is 0.450. The molecular weight excluding hydrogens is 360 g/mol. The first-order chi connectivity index (χ1) is 13.1. The third kappa shape index (κ3) is 2.90. The first kappa shape index (κ1) is 16.7. The van der Waals surface area contributed by atoms with Crippen molar-refractivity contribution < 1.29 is 4.79 Å². The molecule has 5 rings (SSSR count). The number of fused-ring (bicyclic) bond motifs is 1. The van der Waals surface area contributed by atoms with E-state index in [1.165, 1.54) is 0 Å². The average molecular weight is 382 g/mol. The van der Waals surface area contributed by atoms with Crippen molar-refractivity contribution >= 4 is 22.9 Å². The maximum Gasteiger partial charge on any atom is 0.272 e. The third-order valence-corrected chi connectivity index (χ3v) is 6.68. The molecule has 1 N–H and O–H groups in total. The van der Waals surface area contributed by atoms with E-state index < -0.39 is 0 Å². The van der Waals surface area contributed by atoms with E-state index in [4.69, 9.17) is 4.98 Å². The zero-order valence-corrected chi connectivity index (χ0v) is 16.1. The standard InChI is InChI=1S/C20H22N4O2S/c1-12-18(16-3-2-10-27-16)22-24-17(25)11-15(21-19(12)24)13-6-8-23(9-7-13)20(26)14-4-5-14/h2-3,10-11,13-14,22H,4-9H2,1H3. The summed E-state index contributed by atoms with van der Waals surface area (Å²) in [4.78, 5) is 32.9. The fourth-order valence-corrected chi connectivity index (χ4v) is 4.80. The zero-order chi connectivity index (χ0) is 18.5. The Labute approximate surface area is 160 Å². The lowest BCUT2D eigenvalue weighted by Gasteiger charge is -2.31. The minimum atomic E-state index is -0.0719. The SMILES string of the molecule is Cc1c(-c2cccs2)[nH]n2c(=O)cc(C3CCN(C(=O)C4CC4)CC3)nc12. The summed E-state index contributed by atoms with van der Waals surface area (Å²) >= 11 is 1.64. The van der Waals surface area contributed by atoms with Gasteiger partial charge in [0, 0.05) is 36.6 Å². The van der Waals surface area contributed by atoms with Gasteiger partial charge >= 0.3 is 0 Å². The van der Waals surface area contributed by atoms with Gasteiger partial charge in [0.1, 0.15) is 0 Å². The number of amides is 1. The van der Waals surface area contributed by atoms with Crippen LogP contribution in [0.15, 0.2) is 28.4 Å². The summed E-state index contributed by atoms with van der Waals surface area (Å²) in [6.07, 6.45) is 3.85. The Bertz CT molecular complexity index is 1050. The molecule has 0 aromatic carbocycles. The number of H-pyrrole nitrogens is 1. The molecule has 0 bridgehead atoms. The van der Waals surface area contributed by atoms with Crippen molar-refractivity contribution in [3.8, 4) is 10.6 Å². The molecular formula is C20H22N4O2S. The number of rotatable bonds is 3. The van der Waals surface area contributed by atoms with Gasteiger partial charge in [-0.15, -0.1) is 11.3 Å². The van der Waals surface area contributed by atoms with Crippen LogP contribution in [-0.4, -0.2) is 38.5 Å². The van der Waals surface area contributed by atoms with Crippen LogP contribution in [0.25, 0.3) is 16.2 Å². The van der Waals surface area contributed by atoms with Crippen LogP contribution in [0, 0.1) is 12.8 Å². The first-order valence-corrected chi connectivity index (χ1v) is 10.4. The van der Waals surface area contributed by atoms with Gasteiger partial charge in [-0.05, 0) is 44.1 Å².